The van der Waals surface area contributed by atoms with Crippen molar-refractivity contribution in [3.05, 3.63) is 0 Å². The van der Waals surface area contributed by atoms with E-state index in [-0.39, 0.29) is 22.7 Å². The number of fused-ring (bicyclic) bond motifs is 3. The summed E-state index contributed by atoms with van der Waals surface area (Å²) in [6.45, 7) is 4.31. The Hall–Kier alpha value is -1.06. The summed E-state index contributed by atoms with van der Waals surface area (Å²) in [5.74, 6) is -0.282. The number of carbonyl (C=O) groups is 2. The average Bonchev–Trinajstić information content (AvgIpc) is 2.78. The standard InChI is InChI=1S/C20H30O4/c1-18-7-3-8-19(2,17(23)24)14(18)6-9-20-10-12(4-5-15(18)20)13(11-20)16(21)22/h12-15H,3-11H2,1-2H3,(H,21,22)(H,23,24)/t12?,13-,14?,15?,18-,19-,20?/m1/s1. The molecule has 4 nitrogen and oxygen atoms in total. The van der Waals surface area contributed by atoms with E-state index in [1.54, 1.807) is 0 Å². The molecule has 4 heteroatoms. The van der Waals surface area contributed by atoms with Crippen molar-refractivity contribution in [1.29, 1.82) is 0 Å². The van der Waals surface area contributed by atoms with Crippen LogP contribution >= 0.6 is 0 Å². The molecule has 4 rings (SSSR count). The van der Waals surface area contributed by atoms with Crippen LogP contribution in [0.4, 0.5) is 0 Å². The monoisotopic (exact) mass is 334 g/mol. The minimum atomic E-state index is -0.627. The fourth-order valence-corrected chi connectivity index (χ4v) is 7.99. The Bertz CT molecular complexity index is 586. The number of carboxylic acids is 2. The van der Waals surface area contributed by atoms with Gasteiger partial charge in [0.2, 0.25) is 0 Å². The molecule has 4 fully saturated rings. The molecule has 2 N–H and O–H groups in total. The number of rotatable bonds is 2. The van der Waals surface area contributed by atoms with E-state index in [2.05, 4.69) is 6.92 Å². The molecule has 4 aliphatic carbocycles. The molecule has 4 unspecified atom stereocenters. The molecule has 0 aromatic rings. The summed E-state index contributed by atoms with van der Waals surface area (Å²) in [4.78, 5) is 23.7. The van der Waals surface area contributed by atoms with Crippen molar-refractivity contribution in [2.24, 2.45) is 39.9 Å². The van der Waals surface area contributed by atoms with E-state index >= 15 is 0 Å². The van der Waals surface area contributed by atoms with E-state index < -0.39 is 17.4 Å². The van der Waals surface area contributed by atoms with Gasteiger partial charge in [-0.25, -0.2) is 0 Å². The van der Waals surface area contributed by atoms with Gasteiger partial charge in [0.25, 0.3) is 0 Å². The number of hydrogen-bond acceptors (Lipinski definition) is 2. The Morgan fingerprint density at radius 2 is 1.67 bits per heavy atom. The highest BCUT2D eigenvalue weighted by molar-refractivity contribution is 5.75. The van der Waals surface area contributed by atoms with Crippen LogP contribution in [0.5, 0.6) is 0 Å². The second-order valence-electron chi connectivity index (χ2n) is 9.78. The maximum Gasteiger partial charge on any atom is 0.309 e. The first-order valence-electron chi connectivity index (χ1n) is 9.69. The molecule has 4 aliphatic rings. The van der Waals surface area contributed by atoms with Gasteiger partial charge in [-0.1, -0.05) is 13.3 Å². The highest BCUT2D eigenvalue weighted by atomic mass is 16.4. The predicted octanol–water partition coefficient (Wildman–Crippen LogP) is 4.18. The summed E-state index contributed by atoms with van der Waals surface area (Å²) in [6, 6.07) is 0. The molecule has 7 atom stereocenters. The summed E-state index contributed by atoms with van der Waals surface area (Å²) in [7, 11) is 0. The Labute approximate surface area is 144 Å². The maximum absolute atomic E-state index is 12.1. The molecule has 24 heavy (non-hydrogen) atoms. The summed E-state index contributed by atoms with van der Waals surface area (Å²) in [6.07, 6.45) is 8.96. The van der Waals surface area contributed by atoms with Gasteiger partial charge in [0, 0.05) is 0 Å². The zero-order valence-corrected chi connectivity index (χ0v) is 14.9. The Balaban J connectivity index is 1.71. The predicted molar refractivity (Wildman–Crippen MR) is 89.4 cm³/mol. The molecule has 0 aromatic carbocycles. The smallest absolute Gasteiger partial charge is 0.309 e. The van der Waals surface area contributed by atoms with E-state index in [1.165, 1.54) is 0 Å². The van der Waals surface area contributed by atoms with Crippen molar-refractivity contribution in [3.8, 4) is 0 Å². The van der Waals surface area contributed by atoms with Crippen LogP contribution in [0.2, 0.25) is 0 Å². The second-order valence-corrected chi connectivity index (χ2v) is 9.78. The maximum atomic E-state index is 12.1. The molecule has 0 saturated heterocycles. The van der Waals surface area contributed by atoms with Crippen molar-refractivity contribution in [2.45, 2.75) is 71.6 Å². The molecule has 0 radical (unpaired) electrons. The lowest BCUT2D eigenvalue weighted by atomic mass is 9.41. The van der Waals surface area contributed by atoms with Gasteiger partial charge < -0.3 is 10.2 Å². The van der Waals surface area contributed by atoms with Gasteiger partial charge in [-0.05, 0) is 86.9 Å². The number of hydrogen-bond donors (Lipinski definition) is 2. The van der Waals surface area contributed by atoms with Crippen molar-refractivity contribution in [1.82, 2.24) is 0 Å². The van der Waals surface area contributed by atoms with Gasteiger partial charge >= 0.3 is 11.9 Å². The molecule has 0 heterocycles. The minimum absolute atomic E-state index is 0.0714. The van der Waals surface area contributed by atoms with E-state index in [0.717, 1.165) is 57.8 Å². The molecule has 2 bridgehead atoms. The first kappa shape index (κ1) is 16.4. The van der Waals surface area contributed by atoms with Crippen molar-refractivity contribution in [3.63, 3.8) is 0 Å². The number of carboxylic acid groups (broad SMARTS) is 2. The molecule has 1 spiro atoms. The third-order valence-electron chi connectivity index (χ3n) is 8.94. The van der Waals surface area contributed by atoms with E-state index in [4.69, 9.17) is 0 Å². The molecular formula is C20H30O4. The van der Waals surface area contributed by atoms with Gasteiger partial charge in [-0.2, -0.15) is 0 Å². The molecule has 0 aliphatic heterocycles. The van der Waals surface area contributed by atoms with Crippen LogP contribution in [-0.4, -0.2) is 22.2 Å². The van der Waals surface area contributed by atoms with Crippen LogP contribution in [0.1, 0.15) is 71.6 Å². The lowest BCUT2D eigenvalue weighted by molar-refractivity contribution is -0.181. The average molecular weight is 334 g/mol. The fourth-order valence-electron chi connectivity index (χ4n) is 7.99. The van der Waals surface area contributed by atoms with Crippen LogP contribution in [-0.2, 0) is 9.59 Å². The largest absolute Gasteiger partial charge is 0.481 e. The van der Waals surface area contributed by atoms with Crippen LogP contribution in [0.15, 0.2) is 0 Å². The summed E-state index contributed by atoms with van der Waals surface area (Å²) < 4.78 is 0. The second kappa shape index (κ2) is 4.98. The molecule has 4 saturated carbocycles. The van der Waals surface area contributed by atoms with Gasteiger partial charge in [-0.15, -0.1) is 0 Å². The van der Waals surface area contributed by atoms with E-state index in [0.29, 0.717) is 11.8 Å². The quantitative estimate of drug-likeness (QED) is 0.794. The van der Waals surface area contributed by atoms with Crippen LogP contribution in [0, 0.1) is 39.9 Å². The normalized spacial score (nSPS) is 53.1. The van der Waals surface area contributed by atoms with Crippen molar-refractivity contribution < 1.29 is 19.8 Å². The Kier molecular flexibility index (Phi) is 3.41. The molecule has 0 aromatic heterocycles. The number of aliphatic carboxylic acids is 2. The first-order chi connectivity index (χ1) is 11.2. The van der Waals surface area contributed by atoms with Gasteiger partial charge in [0.05, 0.1) is 11.3 Å². The van der Waals surface area contributed by atoms with Gasteiger partial charge in [0.1, 0.15) is 0 Å². The van der Waals surface area contributed by atoms with Crippen molar-refractivity contribution >= 4 is 11.9 Å². The topological polar surface area (TPSA) is 74.6 Å². The Morgan fingerprint density at radius 3 is 2.33 bits per heavy atom. The minimum Gasteiger partial charge on any atom is -0.481 e. The van der Waals surface area contributed by atoms with Crippen molar-refractivity contribution in [2.75, 3.05) is 0 Å². The lowest BCUT2D eigenvalue weighted by Crippen LogP contribution is -2.58. The van der Waals surface area contributed by atoms with E-state index in [1.807, 2.05) is 6.92 Å². The highest BCUT2D eigenvalue weighted by Gasteiger charge is 2.66. The first-order valence-corrected chi connectivity index (χ1v) is 9.69. The summed E-state index contributed by atoms with van der Waals surface area (Å²) >= 11 is 0. The summed E-state index contributed by atoms with van der Waals surface area (Å²) in [5.41, 5.74) is -0.355. The summed E-state index contributed by atoms with van der Waals surface area (Å²) in [5, 5.41) is 19.5. The highest BCUT2D eigenvalue weighted by Crippen LogP contribution is 2.72. The lowest BCUT2D eigenvalue weighted by Gasteiger charge is -2.63. The van der Waals surface area contributed by atoms with Gasteiger partial charge in [-0.3, -0.25) is 9.59 Å². The van der Waals surface area contributed by atoms with Crippen LogP contribution in [0.3, 0.4) is 0 Å². The molecule has 134 valence electrons. The van der Waals surface area contributed by atoms with Crippen LogP contribution < -0.4 is 0 Å². The van der Waals surface area contributed by atoms with Crippen LogP contribution in [0.25, 0.3) is 0 Å². The third-order valence-corrected chi connectivity index (χ3v) is 8.94. The SMILES string of the molecule is C[C@@]12CCC[C@@](C)(C(=O)O)C1CCC13CC(CCC12)[C@H](C(=O)O)C3. The zero-order chi connectivity index (χ0) is 17.3. The molecular weight excluding hydrogens is 304 g/mol. The van der Waals surface area contributed by atoms with E-state index in [9.17, 15) is 19.8 Å². The third kappa shape index (κ3) is 1.91. The molecule has 0 amide bonds. The van der Waals surface area contributed by atoms with Gasteiger partial charge in [0.15, 0.2) is 0 Å². The Morgan fingerprint density at radius 1 is 0.917 bits per heavy atom. The fraction of sp³-hybridized carbons (Fsp3) is 0.900. The zero-order valence-electron chi connectivity index (χ0n) is 14.9.